The zero-order valence-electron chi connectivity index (χ0n) is 17.3. The van der Waals surface area contributed by atoms with Crippen LogP contribution in [0.5, 0.6) is 0 Å². The predicted octanol–water partition coefficient (Wildman–Crippen LogP) is 3.73. The van der Waals surface area contributed by atoms with E-state index in [1.54, 1.807) is 59.2 Å². The summed E-state index contributed by atoms with van der Waals surface area (Å²) in [5, 5.41) is 10.6. The third-order valence-electron chi connectivity index (χ3n) is 5.07. The zero-order valence-corrected chi connectivity index (χ0v) is 18.1. The monoisotopic (exact) mass is 454 g/mol. The van der Waals surface area contributed by atoms with E-state index < -0.39 is 15.9 Å². The summed E-state index contributed by atoms with van der Waals surface area (Å²) < 4.78 is 46.7. The van der Waals surface area contributed by atoms with Gasteiger partial charge in [0, 0.05) is 5.56 Å². The smallest absolute Gasteiger partial charge is 0.185 e. The van der Waals surface area contributed by atoms with Crippen molar-refractivity contribution in [3.05, 3.63) is 96.1 Å². The van der Waals surface area contributed by atoms with E-state index in [0.717, 1.165) is 5.52 Å². The fourth-order valence-corrected chi connectivity index (χ4v) is 4.80. The van der Waals surface area contributed by atoms with Crippen LogP contribution in [0.4, 0.5) is 4.39 Å². The van der Waals surface area contributed by atoms with Crippen molar-refractivity contribution in [2.45, 2.75) is 29.9 Å². The molecule has 166 valence electrons. The Labute approximate surface area is 185 Å². The average Bonchev–Trinajstić information content (AvgIpc) is 3.12. The van der Waals surface area contributed by atoms with Crippen LogP contribution in [-0.4, -0.2) is 35.8 Å². The maximum atomic E-state index is 13.7. The van der Waals surface area contributed by atoms with Crippen molar-refractivity contribution in [3.8, 4) is 0 Å². The van der Waals surface area contributed by atoms with Crippen molar-refractivity contribution in [3.63, 3.8) is 0 Å². The molecule has 0 aliphatic heterocycles. The molecule has 0 aliphatic carbocycles. The maximum absolute atomic E-state index is 13.7. The van der Waals surface area contributed by atoms with E-state index >= 15 is 0 Å². The molecular formula is C24H23FN2O4S. The van der Waals surface area contributed by atoms with Crippen molar-refractivity contribution >= 4 is 20.9 Å². The number of ether oxygens (including phenoxy) is 1. The summed E-state index contributed by atoms with van der Waals surface area (Å²) in [5.74, 6) is -0.326. The van der Waals surface area contributed by atoms with Gasteiger partial charge in [0.05, 0.1) is 41.8 Å². The van der Waals surface area contributed by atoms with E-state index in [9.17, 15) is 17.9 Å². The Balaban J connectivity index is 1.52. The summed E-state index contributed by atoms with van der Waals surface area (Å²) in [4.78, 5) is 4.71. The summed E-state index contributed by atoms with van der Waals surface area (Å²) in [5.41, 5.74) is 1.77. The van der Waals surface area contributed by atoms with Crippen molar-refractivity contribution in [2.24, 2.45) is 0 Å². The Kier molecular flexibility index (Phi) is 6.64. The van der Waals surface area contributed by atoms with Crippen LogP contribution >= 0.6 is 0 Å². The van der Waals surface area contributed by atoms with Crippen LogP contribution in [0.25, 0.3) is 11.0 Å². The van der Waals surface area contributed by atoms with Crippen LogP contribution in [0, 0.1) is 5.82 Å². The molecule has 1 aromatic heterocycles. The lowest BCUT2D eigenvalue weighted by Gasteiger charge is -2.15. The predicted molar refractivity (Wildman–Crippen MR) is 119 cm³/mol. The second-order valence-electron chi connectivity index (χ2n) is 7.46. The Morgan fingerprint density at radius 2 is 1.66 bits per heavy atom. The van der Waals surface area contributed by atoms with Gasteiger partial charge in [0.25, 0.3) is 0 Å². The van der Waals surface area contributed by atoms with E-state index in [1.165, 1.54) is 6.07 Å². The highest BCUT2D eigenvalue weighted by Gasteiger charge is 2.22. The largest absolute Gasteiger partial charge is 0.389 e. The quantitative estimate of drug-likeness (QED) is 0.417. The van der Waals surface area contributed by atoms with Crippen LogP contribution in [0.1, 0.15) is 11.4 Å². The molecule has 4 rings (SSSR count). The summed E-state index contributed by atoms with van der Waals surface area (Å²) in [6.45, 7) is 0.0901. The van der Waals surface area contributed by atoms with E-state index in [-0.39, 0.29) is 36.2 Å². The summed E-state index contributed by atoms with van der Waals surface area (Å²) in [7, 11) is -3.61. The molecule has 0 saturated heterocycles. The number of aliphatic hydroxyl groups excluding tert-OH is 1. The minimum atomic E-state index is -3.61. The molecule has 32 heavy (non-hydrogen) atoms. The number of aromatic nitrogens is 2. The van der Waals surface area contributed by atoms with Crippen LogP contribution < -0.4 is 0 Å². The third-order valence-corrected chi connectivity index (χ3v) is 6.70. The number of aliphatic hydroxyl groups is 1. The zero-order chi connectivity index (χ0) is 22.6. The molecule has 0 aliphatic rings. The molecule has 0 spiro atoms. The lowest BCUT2D eigenvalue weighted by atomic mass is 10.2. The van der Waals surface area contributed by atoms with Gasteiger partial charge in [-0.1, -0.05) is 48.5 Å². The van der Waals surface area contributed by atoms with Crippen LogP contribution in [0.15, 0.2) is 83.8 Å². The minimum Gasteiger partial charge on any atom is -0.389 e. The van der Waals surface area contributed by atoms with Crippen LogP contribution in [-0.2, 0) is 33.5 Å². The molecule has 0 saturated carbocycles. The Morgan fingerprint density at radius 1 is 0.969 bits per heavy atom. The summed E-state index contributed by atoms with van der Waals surface area (Å²) >= 11 is 0. The molecule has 6 nitrogen and oxygen atoms in total. The molecule has 0 fully saturated rings. The first kappa shape index (κ1) is 22.1. The van der Waals surface area contributed by atoms with Crippen LogP contribution in [0.2, 0.25) is 0 Å². The number of fused-ring (bicyclic) bond motifs is 1. The lowest BCUT2D eigenvalue weighted by Crippen LogP contribution is -2.24. The van der Waals surface area contributed by atoms with Crippen molar-refractivity contribution < 1.29 is 22.7 Å². The van der Waals surface area contributed by atoms with Crippen molar-refractivity contribution in [1.29, 1.82) is 0 Å². The maximum Gasteiger partial charge on any atom is 0.185 e. The van der Waals surface area contributed by atoms with Crippen molar-refractivity contribution in [2.75, 3.05) is 6.61 Å². The first-order valence-corrected chi connectivity index (χ1v) is 11.8. The number of imidazole rings is 1. The minimum absolute atomic E-state index is 0.0314. The second kappa shape index (κ2) is 9.60. The standard InChI is InChI=1S/C24H23FN2O4S/c25-21-11-5-4-8-18(21)15-31-16-19(28)14-27-23-13-7-6-12-22(23)26-24(27)17-32(29,30)20-9-2-1-3-10-20/h1-13,19,28H,14-17H2. The van der Waals surface area contributed by atoms with Gasteiger partial charge in [-0.3, -0.25) is 0 Å². The number of para-hydroxylation sites is 2. The SMILES string of the molecule is O=S(=O)(Cc1nc2ccccc2n1CC(O)COCc1ccccc1F)c1ccccc1. The van der Waals surface area contributed by atoms with Gasteiger partial charge in [0.15, 0.2) is 9.84 Å². The second-order valence-corrected chi connectivity index (χ2v) is 9.45. The molecule has 1 heterocycles. The van der Waals surface area contributed by atoms with Gasteiger partial charge in [-0.25, -0.2) is 17.8 Å². The van der Waals surface area contributed by atoms with E-state index in [0.29, 0.717) is 16.9 Å². The highest BCUT2D eigenvalue weighted by atomic mass is 32.2. The fourth-order valence-electron chi connectivity index (χ4n) is 3.50. The lowest BCUT2D eigenvalue weighted by molar-refractivity contribution is 0.0197. The number of hydrogen-bond donors (Lipinski definition) is 1. The molecule has 3 aromatic carbocycles. The molecule has 1 unspecified atom stereocenters. The first-order chi connectivity index (χ1) is 15.4. The topological polar surface area (TPSA) is 81.4 Å². The molecule has 4 aromatic rings. The highest BCUT2D eigenvalue weighted by Crippen LogP contribution is 2.21. The molecule has 0 bridgehead atoms. The molecule has 0 radical (unpaired) electrons. The number of rotatable bonds is 9. The van der Waals surface area contributed by atoms with E-state index in [2.05, 4.69) is 4.98 Å². The van der Waals surface area contributed by atoms with Gasteiger partial charge in [-0.05, 0) is 30.3 Å². The van der Waals surface area contributed by atoms with Gasteiger partial charge in [0.2, 0.25) is 0 Å². The fraction of sp³-hybridized carbons (Fsp3) is 0.208. The number of sulfone groups is 1. The van der Waals surface area contributed by atoms with E-state index in [1.807, 2.05) is 18.2 Å². The third kappa shape index (κ3) is 5.04. The van der Waals surface area contributed by atoms with Gasteiger partial charge in [-0.15, -0.1) is 0 Å². The van der Waals surface area contributed by atoms with Gasteiger partial charge >= 0.3 is 0 Å². The molecule has 1 N–H and O–H groups in total. The molecule has 8 heteroatoms. The molecule has 1 atom stereocenters. The molecule has 0 amide bonds. The van der Waals surface area contributed by atoms with Gasteiger partial charge in [0.1, 0.15) is 17.4 Å². The molecular weight excluding hydrogens is 431 g/mol. The van der Waals surface area contributed by atoms with Crippen molar-refractivity contribution in [1.82, 2.24) is 9.55 Å². The van der Waals surface area contributed by atoms with E-state index in [4.69, 9.17) is 4.74 Å². The van der Waals surface area contributed by atoms with Gasteiger partial charge < -0.3 is 14.4 Å². The number of hydrogen-bond acceptors (Lipinski definition) is 5. The number of benzene rings is 3. The normalized spacial score (nSPS) is 12.8. The first-order valence-electron chi connectivity index (χ1n) is 10.2. The Bertz CT molecular complexity index is 1310. The average molecular weight is 455 g/mol. The van der Waals surface area contributed by atoms with Gasteiger partial charge in [-0.2, -0.15) is 0 Å². The summed E-state index contributed by atoms with van der Waals surface area (Å²) in [6, 6.07) is 21.8. The van der Waals surface area contributed by atoms with Crippen LogP contribution in [0.3, 0.4) is 0 Å². The number of nitrogens with zero attached hydrogens (tertiary/aromatic N) is 2. The Hall–Kier alpha value is -3.07. The summed E-state index contributed by atoms with van der Waals surface area (Å²) in [6.07, 6.45) is -0.933. The Morgan fingerprint density at radius 3 is 2.44 bits per heavy atom. The highest BCUT2D eigenvalue weighted by molar-refractivity contribution is 7.90. The number of halogens is 1.